The van der Waals surface area contributed by atoms with E-state index < -0.39 is 14.9 Å². The molecule has 2 rings (SSSR count). The van der Waals surface area contributed by atoms with Crippen LogP contribution in [-0.4, -0.2) is 29.3 Å². The molecule has 1 aromatic carbocycles. The molecular formula is C12H12N4O4S3. The number of anilines is 1. The third-order valence-electron chi connectivity index (χ3n) is 2.62. The van der Waals surface area contributed by atoms with Gasteiger partial charge in [-0.25, -0.2) is 8.42 Å². The fraction of sp³-hybridized carbons (Fsp3) is 0.167. The maximum atomic E-state index is 12.4. The summed E-state index contributed by atoms with van der Waals surface area (Å²) in [5.41, 5.74) is 0.101. The first-order valence-corrected chi connectivity index (χ1v) is 9.47. The fourth-order valence-electron chi connectivity index (χ4n) is 1.60. The average molecular weight is 372 g/mol. The molecular weight excluding hydrogens is 360 g/mol. The molecule has 1 aromatic heterocycles. The number of sulfonamides is 1. The van der Waals surface area contributed by atoms with E-state index in [2.05, 4.69) is 21.5 Å². The Morgan fingerprint density at radius 2 is 2.22 bits per heavy atom. The summed E-state index contributed by atoms with van der Waals surface area (Å²) in [7, 11) is -3.98. The third-order valence-corrected chi connectivity index (χ3v) is 6.20. The van der Waals surface area contributed by atoms with Crippen LogP contribution in [0.15, 0.2) is 40.1 Å². The van der Waals surface area contributed by atoms with E-state index >= 15 is 0 Å². The predicted octanol–water partition coefficient (Wildman–Crippen LogP) is 2.83. The smallest absolute Gasteiger partial charge is 0.258 e. The molecule has 0 bridgehead atoms. The molecule has 0 unspecified atom stereocenters. The van der Waals surface area contributed by atoms with Gasteiger partial charge in [-0.1, -0.05) is 35.2 Å². The molecule has 0 saturated heterocycles. The van der Waals surface area contributed by atoms with Crippen molar-refractivity contribution in [1.29, 1.82) is 0 Å². The van der Waals surface area contributed by atoms with Crippen LogP contribution in [-0.2, 0) is 10.0 Å². The molecule has 122 valence electrons. The van der Waals surface area contributed by atoms with Gasteiger partial charge in [-0.05, 0) is 12.5 Å². The minimum atomic E-state index is -3.98. The summed E-state index contributed by atoms with van der Waals surface area (Å²) in [5.74, 6) is 0.630. The molecule has 0 spiro atoms. The lowest BCUT2D eigenvalue weighted by Crippen LogP contribution is -2.14. The highest BCUT2D eigenvalue weighted by Crippen LogP contribution is 2.28. The molecule has 0 aliphatic heterocycles. The van der Waals surface area contributed by atoms with Crippen molar-refractivity contribution in [3.05, 3.63) is 46.5 Å². The van der Waals surface area contributed by atoms with Crippen molar-refractivity contribution < 1.29 is 13.3 Å². The van der Waals surface area contributed by atoms with E-state index in [0.717, 1.165) is 17.4 Å². The quantitative estimate of drug-likeness (QED) is 0.344. The molecule has 2 aromatic rings. The van der Waals surface area contributed by atoms with Crippen molar-refractivity contribution >= 4 is 43.9 Å². The number of non-ortho nitro benzene ring substituents is 1. The Kier molecular flexibility index (Phi) is 5.34. The molecule has 0 aliphatic carbocycles. The number of nitrogens with one attached hydrogen (secondary N) is 1. The van der Waals surface area contributed by atoms with Gasteiger partial charge < -0.3 is 0 Å². The monoisotopic (exact) mass is 372 g/mol. The molecule has 23 heavy (non-hydrogen) atoms. The van der Waals surface area contributed by atoms with Gasteiger partial charge in [-0.3, -0.25) is 14.8 Å². The SMILES string of the molecule is C=CCSc1nnc(NS(=O)(=O)c2cc([N+](=O)[O-])ccc2C)s1. The molecule has 0 atom stereocenters. The summed E-state index contributed by atoms with van der Waals surface area (Å²) in [6, 6.07) is 3.66. The number of nitrogens with zero attached hydrogens (tertiary/aromatic N) is 3. The predicted molar refractivity (Wildman–Crippen MR) is 89.5 cm³/mol. The number of hydrogen-bond donors (Lipinski definition) is 1. The van der Waals surface area contributed by atoms with Gasteiger partial charge in [0.05, 0.1) is 9.82 Å². The summed E-state index contributed by atoms with van der Waals surface area (Å²) in [4.78, 5) is 10.0. The first-order chi connectivity index (χ1) is 10.8. The van der Waals surface area contributed by atoms with Crippen LogP contribution >= 0.6 is 23.1 Å². The molecule has 0 saturated carbocycles. The second kappa shape index (κ2) is 7.06. The number of nitro benzene ring substituents is 1. The zero-order valence-corrected chi connectivity index (χ0v) is 14.4. The second-order valence-electron chi connectivity index (χ2n) is 4.29. The zero-order valence-electron chi connectivity index (χ0n) is 11.9. The number of nitro groups is 1. The van der Waals surface area contributed by atoms with E-state index in [9.17, 15) is 18.5 Å². The van der Waals surface area contributed by atoms with Crippen LogP contribution in [0.2, 0.25) is 0 Å². The summed E-state index contributed by atoms with van der Waals surface area (Å²) in [6.07, 6.45) is 1.70. The van der Waals surface area contributed by atoms with E-state index in [1.165, 1.54) is 23.9 Å². The first kappa shape index (κ1) is 17.4. The normalized spacial score (nSPS) is 11.2. The van der Waals surface area contributed by atoms with Gasteiger partial charge in [0.1, 0.15) is 0 Å². The van der Waals surface area contributed by atoms with E-state index in [1.807, 2.05) is 0 Å². The third kappa shape index (κ3) is 4.27. The standard InChI is InChI=1S/C12H12N4O4S3/c1-3-6-21-12-14-13-11(22-12)15-23(19,20)10-7-9(16(17)18)5-4-8(10)2/h3-5,7H,1,6H2,2H3,(H,13,15). The van der Waals surface area contributed by atoms with E-state index in [-0.39, 0.29) is 15.7 Å². The summed E-state index contributed by atoms with van der Waals surface area (Å²) < 4.78 is 27.7. The van der Waals surface area contributed by atoms with Gasteiger partial charge in [-0.15, -0.1) is 16.8 Å². The highest BCUT2D eigenvalue weighted by Gasteiger charge is 2.22. The highest BCUT2D eigenvalue weighted by atomic mass is 32.2. The topological polar surface area (TPSA) is 115 Å². The molecule has 0 aliphatic rings. The summed E-state index contributed by atoms with van der Waals surface area (Å²) in [6.45, 7) is 5.14. The molecule has 0 fully saturated rings. The van der Waals surface area contributed by atoms with Crippen molar-refractivity contribution in [2.75, 3.05) is 10.5 Å². The van der Waals surface area contributed by atoms with Crippen LogP contribution in [0, 0.1) is 17.0 Å². The maximum absolute atomic E-state index is 12.4. The number of aromatic nitrogens is 2. The van der Waals surface area contributed by atoms with Crippen LogP contribution in [0.1, 0.15) is 5.56 Å². The fourth-order valence-corrected chi connectivity index (χ4v) is 4.61. The Hall–Kier alpha value is -1.98. The molecule has 1 heterocycles. The molecule has 0 radical (unpaired) electrons. The highest BCUT2D eigenvalue weighted by molar-refractivity contribution is 8.01. The van der Waals surface area contributed by atoms with Gasteiger partial charge in [0, 0.05) is 17.9 Å². The van der Waals surface area contributed by atoms with Crippen molar-refractivity contribution in [3.63, 3.8) is 0 Å². The number of benzene rings is 1. The zero-order chi connectivity index (χ0) is 17.0. The Morgan fingerprint density at radius 3 is 2.87 bits per heavy atom. The summed E-state index contributed by atoms with van der Waals surface area (Å²) >= 11 is 2.45. The molecule has 0 amide bonds. The van der Waals surface area contributed by atoms with Gasteiger partial charge in [-0.2, -0.15) is 0 Å². The van der Waals surface area contributed by atoms with E-state index in [4.69, 9.17) is 0 Å². The number of thioether (sulfide) groups is 1. The maximum Gasteiger partial charge on any atom is 0.270 e. The van der Waals surface area contributed by atoms with Crippen molar-refractivity contribution in [3.8, 4) is 0 Å². The van der Waals surface area contributed by atoms with Gasteiger partial charge in [0.2, 0.25) is 5.13 Å². The minimum absolute atomic E-state index is 0.0995. The van der Waals surface area contributed by atoms with Gasteiger partial charge in [0.25, 0.3) is 15.7 Å². The van der Waals surface area contributed by atoms with Crippen LogP contribution in [0.3, 0.4) is 0 Å². The second-order valence-corrected chi connectivity index (χ2v) is 8.18. The minimum Gasteiger partial charge on any atom is -0.258 e. The lowest BCUT2D eigenvalue weighted by Gasteiger charge is -2.07. The van der Waals surface area contributed by atoms with Gasteiger partial charge >= 0.3 is 0 Å². The summed E-state index contributed by atoms with van der Waals surface area (Å²) in [5, 5.41) is 18.5. The first-order valence-electron chi connectivity index (χ1n) is 6.18. The number of hydrogen-bond acceptors (Lipinski definition) is 8. The number of rotatable bonds is 7. The van der Waals surface area contributed by atoms with Crippen molar-refractivity contribution in [2.45, 2.75) is 16.2 Å². The molecule has 8 nitrogen and oxygen atoms in total. The van der Waals surface area contributed by atoms with Gasteiger partial charge in [0.15, 0.2) is 4.34 Å². The Labute approximate surface area is 140 Å². The largest absolute Gasteiger partial charge is 0.270 e. The van der Waals surface area contributed by atoms with E-state index in [0.29, 0.717) is 15.7 Å². The van der Waals surface area contributed by atoms with Crippen molar-refractivity contribution in [1.82, 2.24) is 10.2 Å². The van der Waals surface area contributed by atoms with E-state index in [1.54, 1.807) is 13.0 Å². The van der Waals surface area contributed by atoms with Crippen LogP contribution in [0.25, 0.3) is 0 Å². The molecule has 11 heteroatoms. The lowest BCUT2D eigenvalue weighted by atomic mass is 10.2. The lowest BCUT2D eigenvalue weighted by molar-refractivity contribution is -0.385. The van der Waals surface area contributed by atoms with Crippen LogP contribution < -0.4 is 4.72 Å². The molecule has 1 N–H and O–H groups in total. The number of aryl methyl sites for hydroxylation is 1. The Bertz CT molecular complexity index is 848. The van der Waals surface area contributed by atoms with Crippen LogP contribution in [0.5, 0.6) is 0 Å². The Balaban J connectivity index is 2.28. The average Bonchev–Trinajstić information content (AvgIpc) is 2.91. The van der Waals surface area contributed by atoms with Crippen LogP contribution in [0.4, 0.5) is 10.8 Å². The Morgan fingerprint density at radius 1 is 1.48 bits per heavy atom. The van der Waals surface area contributed by atoms with Crippen molar-refractivity contribution in [2.24, 2.45) is 0 Å².